The minimum absolute atomic E-state index is 0.0982. The molecule has 0 aliphatic heterocycles. The number of esters is 2. The van der Waals surface area contributed by atoms with Crippen LogP contribution >= 0.6 is 0 Å². The normalized spacial score (nSPS) is 22.5. The van der Waals surface area contributed by atoms with Crippen molar-refractivity contribution in [3.8, 4) is 0 Å². The van der Waals surface area contributed by atoms with E-state index in [0.717, 1.165) is 12.8 Å². The van der Waals surface area contributed by atoms with Crippen LogP contribution in [0, 0.1) is 11.8 Å². The Balaban J connectivity index is 2.56. The Morgan fingerprint density at radius 3 is 1.42 bits per heavy atom. The lowest BCUT2D eigenvalue weighted by molar-refractivity contribution is -0.167. The standard InChI is InChI=1S/C18H32O8/c1-21-9-13(23-3)11-25-17(19)15-7-5-6-8-16(15)18(20)26-12-14(24-4)10-22-2/h13-16H,5-12H2,1-4H3. The third kappa shape index (κ3) is 7.57. The molecule has 0 amide bonds. The Morgan fingerprint density at radius 1 is 0.731 bits per heavy atom. The second-order valence-corrected chi connectivity index (χ2v) is 6.38. The zero-order valence-corrected chi connectivity index (χ0v) is 16.2. The van der Waals surface area contributed by atoms with Gasteiger partial charge in [0.05, 0.1) is 25.0 Å². The Labute approximate surface area is 155 Å². The SMILES string of the molecule is COCC(COC(=O)C1CCCCC1C(=O)OCC(COC)OC)OC. The molecule has 1 fully saturated rings. The molecule has 4 unspecified atom stereocenters. The Bertz CT molecular complexity index is 376. The molecule has 0 heterocycles. The van der Waals surface area contributed by atoms with Gasteiger partial charge in [0.15, 0.2) is 0 Å². The van der Waals surface area contributed by atoms with E-state index in [-0.39, 0.29) is 37.4 Å². The topological polar surface area (TPSA) is 89.5 Å². The summed E-state index contributed by atoms with van der Waals surface area (Å²) in [4.78, 5) is 24.9. The highest BCUT2D eigenvalue weighted by atomic mass is 16.6. The van der Waals surface area contributed by atoms with E-state index in [1.807, 2.05) is 0 Å². The maximum absolute atomic E-state index is 12.5. The van der Waals surface area contributed by atoms with Gasteiger partial charge in [0.25, 0.3) is 0 Å². The molecule has 0 spiro atoms. The van der Waals surface area contributed by atoms with Crippen LogP contribution in [0.4, 0.5) is 0 Å². The third-order valence-corrected chi connectivity index (χ3v) is 4.57. The molecule has 1 rings (SSSR count). The molecule has 0 saturated heterocycles. The van der Waals surface area contributed by atoms with Crippen molar-refractivity contribution in [2.24, 2.45) is 11.8 Å². The molecule has 0 bridgehead atoms. The van der Waals surface area contributed by atoms with Crippen LogP contribution in [-0.2, 0) is 38.0 Å². The lowest BCUT2D eigenvalue weighted by Gasteiger charge is -2.29. The molecule has 1 aliphatic carbocycles. The predicted molar refractivity (Wildman–Crippen MR) is 92.7 cm³/mol. The van der Waals surface area contributed by atoms with Crippen molar-refractivity contribution < 1.29 is 38.0 Å². The van der Waals surface area contributed by atoms with Gasteiger partial charge in [-0.25, -0.2) is 0 Å². The van der Waals surface area contributed by atoms with Crippen molar-refractivity contribution in [2.45, 2.75) is 37.9 Å². The fourth-order valence-corrected chi connectivity index (χ4v) is 3.00. The largest absolute Gasteiger partial charge is 0.463 e. The van der Waals surface area contributed by atoms with Gasteiger partial charge in [0.1, 0.15) is 25.4 Å². The summed E-state index contributed by atoms with van der Waals surface area (Å²) in [7, 11) is 6.17. The minimum Gasteiger partial charge on any atom is -0.463 e. The van der Waals surface area contributed by atoms with Crippen LogP contribution in [-0.4, -0.2) is 79.0 Å². The molecule has 1 aliphatic rings. The van der Waals surface area contributed by atoms with Crippen LogP contribution in [0.15, 0.2) is 0 Å². The van der Waals surface area contributed by atoms with E-state index in [1.165, 1.54) is 14.2 Å². The molecule has 1 saturated carbocycles. The Morgan fingerprint density at radius 2 is 1.12 bits per heavy atom. The first-order valence-corrected chi connectivity index (χ1v) is 8.94. The van der Waals surface area contributed by atoms with E-state index in [2.05, 4.69) is 0 Å². The number of methoxy groups -OCH3 is 4. The summed E-state index contributed by atoms with van der Waals surface area (Å²) in [5, 5.41) is 0. The van der Waals surface area contributed by atoms with Crippen molar-refractivity contribution in [3.63, 3.8) is 0 Å². The lowest BCUT2D eigenvalue weighted by atomic mass is 9.79. The summed E-state index contributed by atoms with van der Waals surface area (Å²) in [6, 6.07) is 0. The molecule has 8 nitrogen and oxygen atoms in total. The van der Waals surface area contributed by atoms with Crippen LogP contribution in [0.25, 0.3) is 0 Å². The van der Waals surface area contributed by atoms with Crippen molar-refractivity contribution in [1.82, 2.24) is 0 Å². The van der Waals surface area contributed by atoms with Gasteiger partial charge in [-0.15, -0.1) is 0 Å². The molecule has 8 heteroatoms. The van der Waals surface area contributed by atoms with E-state index >= 15 is 0 Å². The van der Waals surface area contributed by atoms with Gasteiger partial charge < -0.3 is 28.4 Å². The summed E-state index contributed by atoms with van der Waals surface area (Å²) < 4.78 is 31.1. The Hall–Kier alpha value is -1.22. The van der Waals surface area contributed by atoms with Crippen LogP contribution in [0.1, 0.15) is 25.7 Å². The summed E-state index contributed by atoms with van der Waals surface area (Å²) >= 11 is 0. The highest BCUT2D eigenvalue weighted by Gasteiger charge is 2.38. The predicted octanol–water partition coefficient (Wildman–Crippen LogP) is 1.20. The van der Waals surface area contributed by atoms with E-state index < -0.39 is 11.8 Å². The second kappa shape index (κ2) is 13.0. The number of carbonyl (C=O) groups is 2. The van der Waals surface area contributed by atoms with Gasteiger partial charge in [-0.1, -0.05) is 12.8 Å². The quantitative estimate of drug-likeness (QED) is 0.470. The zero-order valence-electron chi connectivity index (χ0n) is 16.2. The van der Waals surface area contributed by atoms with Gasteiger partial charge in [-0.05, 0) is 12.8 Å². The maximum atomic E-state index is 12.5. The van der Waals surface area contributed by atoms with Crippen LogP contribution in [0.3, 0.4) is 0 Å². The number of carbonyl (C=O) groups excluding carboxylic acids is 2. The van der Waals surface area contributed by atoms with Gasteiger partial charge >= 0.3 is 11.9 Å². The first kappa shape index (κ1) is 22.8. The Kier molecular flexibility index (Phi) is 11.4. The van der Waals surface area contributed by atoms with Crippen molar-refractivity contribution in [2.75, 3.05) is 54.9 Å². The molecule has 0 radical (unpaired) electrons. The number of hydrogen-bond donors (Lipinski definition) is 0. The molecule has 0 N–H and O–H groups in total. The summed E-state index contributed by atoms with van der Waals surface area (Å²) in [6.07, 6.45) is 2.36. The summed E-state index contributed by atoms with van der Waals surface area (Å²) in [5.74, 6) is -1.74. The highest BCUT2D eigenvalue weighted by Crippen LogP contribution is 2.32. The van der Waals surface area contributed by atoms with Gasteiger partial charge in [0, 0.05) is 28.4 Å². The maximum Gasteiger partial charge on any atom is 0.309 e. The summed E-state index contributed by atoms with van der Waals surface area (Å²) in [5.41, 5.74) is 0. The first-order valence-electron chi connectivity index (χ1n) is 8.94. The fraction of sp³-hybridized carbons (Fsp3) is 0.889. The highest BCUT2D eigenvalue weighted by molar-refractivity contribution is 5.82. The van der Waals surface area contributed by atoms with E-state index in [1.54, 1.807) is 14.2 Å². The van der Waals surface area contributed by atoms with Crippen molar-refractivity contribution in [1.29, 1.82) is 0 Å². The van der Waals surface area contributed by atoms with Gasteiger partial charge in [-0.3, -0.25) is 9.59 Å². The fourth-order valence-electron chi connectivity index (χ4n) is 3.00. The lowest BCUT2D eigenvalue weighted by Crippen LogP contribution is -2.37. The van der Waals surface area contributed by atoms with E-state index in [4.69, 9.17) is 28.4 Å². The molecule has 0 aromatic carbocycles. The number of rotatable bonds is 12. The molecule has 152 valence electrons. The number of ether oxygens (including phenoxy) is 6. The van der Waals surface area contributed by atoms with Crippen LogP contribution in [0.2, 0.25) is 0 Å². The van der Waals surface area contributed by atoms with Gasteiger partial charge in [-0.2, -0.15) is 0 Å². The molecule has 26 heavy (non-hydrogen) atoms. The molecular weight excluding hydrogens is 344 g/mol. The first-order chi connectivity index (χ1) is 12.6. The van der Waals surface area contributed by atoms with Gasteiger partial charge in [0.2, 0.25) is 0 Å². The van der Waals surface area contributed by atoms with Crippen LogP contribution < -0.4 is 0 Å². The van der Waals surface area contributed by atoms with E-state index in [0.29, 0.717) is 26.1 Å². The molecule has 0 aromatic rings. The minimum atomic E-state index is -0.486. The summed E-state index contributed by atoms with van der Waals surface area (Å²) in [6.45, 7) is 0.859. The molecule has 0 aromatic heterocycles. The average molecular weight is 376 g/mol. The molecular formula is C18H32O8. The van der Waals surface area contributed by atoms with Crippen molar-refractivity contribution >= 4 is 11.9 Å². The molecule has 4 atom stereocenters. The zero-order chi connectivity index (χ0) is 19.4. The smallest absolute Gasteiger partial charge is 0.309 e. The average Bonchev–Trinajstić information content (AvgIpc) is 2.67. The van der Waals surface area contributed by atoms with Crippen molar-refractivity contribution in [3.05, 3.63) is 0 Å². The van der Waals surface area contributed by atoms with E-state index in [9.17, 15) is 9.59 Å². The third-order valence-electron chi connectivity index (χ3n) is 4.57. The van der Waals surface area contributed by atoms with Crippen LogP contribution in [0.5, 0.6) is 0 Å². The number of hydrogen-bond acceptors (Lipinski definition) is 8. The second-order valence-electron chi connectivity index (χ2n) is 6.38. The monoisotopic (exact) mass is 376 g/mol.